The van der Waals surface area contributed by atoms with Crippen molar-refractivity contribution >= 4 is 22.2 Å². The molecule has 0 radical (unpaired) electrons. The maximum absolute atomic E-state index is 14.3. The van der Waals surface area contributed by atoms with Crippen LogP contribution in [0.25, 0.3) is 0 Å². The molecule has 3 aliphatic rings. The summed E-state index contributed by atoms with van der Waals surface area (Å²) in [6, 6.07) is 12.7. The van der Waals surface area contributed by atoms with Crippen molar-refractivity contribution in [3.05, 3.63) is 54.1 Å². The SMILES string of the molecule is CC(C)(CCCCOC(=O)NO)CN(C[C@@H](O)[C@H](Cc1ccccc1)NC(=O)O[C@H]1CO[C@H]2OCC[C@H]21)S(=O)(=O)c1ccc2c(c1)OCO2. The molecule has 4 N–H and O–H groups in total. The Morgan fingerprint density at radius 3 is 2.61 bits per heavy atom. The van der Waals surface area contributed by atoms with Crippen molar-refractivity contribution in [1.82, 2.24) is 15.1 Å². The number of hydrogen-bond acceptors (Lipinski definition) is 12. The number of carbonyl (C=O) groups is 2. The Morgan fingerprint density at radius 2 is 1.84 bits per heavy atom. The van der Waals surface area contributed by atoms with E-state index >= 15 is 0 Å². The summed E-state index contributed by atoms with van der Waals surface area (Å²) >= 11 is 0. The second-order valence-electron chi connectivity index (χ2n) is 13.2. The Balaban J connectivity index is 1.34. The summed E-state index contributed by atoms with van der Waals surface area (Å²) in [6.07, 6.45) is -1.43. The molecule has 0 bridgehead atoms. The Morgan fingerprint density at radius 1 is 1.06 bits per heavy atom. The highest BCUT2D eigenvalue weighted by atomic mass is 32.2. The maximum Gasteiger partial charge on any atom is 0.431 e. The van der Waals surface area contributed by atoms with Gasteiger partial charge in [-0.15, -0.1) is 0 Å². The average molecular weight is 708 g/mol. The minimum atomic E-state index is -4.21. The van der Waals surface area contributed by atoms with Crippen LogP contribution in [-0.4, -0.2) is 99.5 Å². The van der Waals surface area contributed by atoms with Gasteiger partial charge in [0, 0.05) is 19.2 Å². The first-order valence-corrected chi connectivity index (χ1v) is 17.8. The summed E-state index contributed by atoms with van der Waals surface area (Å²) in [5.74, 6) is 0.646. The molecular weight excluding hydrogens is 662 g/mol. The van der Waals surface area contributed by atoms with Gasteiger partial charge < -0.3 is 38.8 Å². The van der Waals surface area contributed by atoms with Gasteiger partial charge in [-0.3, -0.25) is 5.21 Å². The highest BCUT2D eigenvalue weighted by Gasteiger charge is 2.44. The molecule has 2 aromatic rings. The van der Waals surface area contributed by atoms with Gasteiger partial charge in [0.15, 0.2) is 17.8 Å². The van der Waals surface area contributed by atoms with Crippen molar-refractivity contribution in [3.63, 3.8) is 0 Å². The molecule has 0 saturated carbocycles. The van der Waals surface area contributed by atoms with Crippen LogP contribution in [0.5, 0.6) is 11.5 Å². The number of carbonyl (C=O) groups excluding carboxylic acids is 2. The van der Waals surface area contributed by atoms with Crippen LogP contribution in [0.4, 0.5) is 9.59 Å². The van der Waals surface area contributed by atoms with E-state index in [0.29, 0.717) is 43.8 Å². The molecule has 0 aliphatic carbocycles. The van der Waals surface area contributed by atoms with Gasteiger partial charge >= 0.3 is 12.2 Å². The van der Waals surface area contributed by atoms with E-state index in [2.05, 4.69) is 5.32 Å². The molecular formula is C33H45N3O12S. The number of ether oxygens (including phenoxy) is 6. The number of rotatable bonds is 16. The molecule has 0 aromatic heterocycles. The van der Waals surface area contributed by atoms with E-state index in [4.69, 9.17) is 33.6 Å². The van der Waals surface area contributed by atoms with Crippen LogP contribution in [-0.2, 0) is 35.4 Å². The predicted molar refractivity (Wildman–Crippen MR) is 172 cm³/mol. The first-order valence-electron chi connectivity index (χ1n) is 16.3. The lowest BCUT2D eigenvalue weighted by Gasteiger charge is -2.35. The van der Waals surface area contributed by atoms with Crippen LogP contribution in [0, 0.1) is 11.3 Å². The number of nitrogens with zero attached hydrogens (tertiary/aromatic N) is 1. The maximum atomic E-state index is 14.3. The Kier molecular flexibility index (Phi) is 12.2. The highest BCUT2D eigenvalue weighted by Crippen LogP contribution is 2.36. The molecule has 3 aliphatic heterocycles. The molecule has 2 amide bonds. The molecule has 5 atom stereocenters. The van der Waals surface area contributed by atoms with Crippen molar-refractivity contribution in [3.8, 4) is 11.5 Å². The molecule has 3 heterocycles. The predicted octanol–water partition coefficient (Wildman–Crippen LogP) is 3.18. The summed E-state index contributed by atoms with van der Waals surface area (Å²) in [6.45, 7) is 4.25. The molecule has 2 fully saturated rings. The number of sulfonamides is 1. The number of unbranched alkanes of at least 4 members (excludes halogenated alkanes) is 1. The lowest BCUT2D eigenvalue weighted by molar-refractivity contribution is -0.0907. The number of amides is 2. The van der Waals surface area contributed by atoms with Crippen LogP contribution in [0.2, 0.25) is 0 Å². The first kappa shape index (κ1) is 36.6. The number of aliphatic hydroxyl groups excluding tert-OH is 1. The highest BCUT2D eigenvalue weighted by molar-refractivity contribution is 7.89. The molecule has 0 unspecified atom stereocenters. The minimum absolute atomic E-state index is 0.0177. The third-order valence-electron chi connectivity index (χ3n) is 8.86. The van der Waals surface area contributed by atoms with E-state index < -0.39 is 52.2 Å². The standard InChI is InChI=1S/C33H45N3O12S/c1-33(2,13-6-7-14-44-32(39)35-40)20-36(49(41,42)23-10-11-27-28(17-23)47-21-46-27)18-26(37)25(16-22-8-4-3-5-9-22)34-31(38)48-29-19-45-30-24(29)12-15-43-30/h3-5,8-11,17,24-26,29-30,37,40H,6-7,12-16,18-21H2,1-2H3,(H,34,38)(H,35,39)/t24-,25-,26+,29-,30+/m0/s1. The number of hydrogen-bond donors (Lipinski definition) is 4. The normalized spacial score (nSPS) is 21.2. The van der Waals surface area contributed by atoms with Gasteiger partial charge in [-0.25, -0.2) is 23.5 Å². The second kappa shape index (κ2) is 16.4. The van der Waals surface area contributed by atoms with Gasteiger partial charge in [-0.05, 0) is 55.2 Å². The van der Waals surface area contributed by atoms with E-state index in [1.54, 1.807) is 0 Å². The van der Waals surface area contributed by atoms with Crippen LogP contribution in [0.1, 0.15) is 45.1 Å². The zero-order valence-electron chi connectivity index (χ0n) is 27.6. The molecule has 0 spiro atoms. The van der Waals surface area contributed by atoms with Crippen molar-refractivity contribution in [2.24, 2.45) is 11.3 Å². The minimum Gasteiger partial charge on any atom is -0.454 e. The van der Waals surface area contributed by atoms with Gasteiger partial charge in [-0.1, -0.05) is 44.2 Å². The fourth-order valence-corrected chi connectivity index (χ4v) is 7.91. The summed E-state index contributed by atoms with van der Waals surface area (Å²) in [7, 11) is -4.21. The topological polar surface area (TPSA) is 191 Å². The molecule has 16 heteroatoms. The quantitative estimate of drug-likeness (QED) is 0.113. The van der Waals surface area contributed by atoms with Crippen molar-refractivity contribution in [2.45, 2.75) is 75.4 Å². The fraction of sp³-hybridized carbons (Fsp3) is 0.576. The van der Waals surface area contributed by atoms with E-state index in [1.165, 1.54) is 28.0 Å². The third-order valence-corrected chi connectivity index (χ3v) is 10.7. The van der Waals surface area contributed by atoms with Crippen LogP contribution >= 0.6 is 0 Å². The number of benzene rings is 2. The number of fused-ring (bicyclic) bond motifs is 2. The van der Waals surface area contributed by atoms with Crippen molar-refractivity contribution in [1.29, 1.82) is 0 Å². The zero-order valence-corrected chi connectivity index (χ0v) is 28.4. The van der Waals surface area contributed by atoms with Gasteiger partial charge in [0.1, 0.15) is 6.10 Å². The molecule has 270 valence electrons. The number of aliphatic hydroxyl groups is 1. The van der Waals surface area contributed by atoms with Gasteiger partial charge in [0.2, 0.25) is 16.8 Å². The summed E-state index contributed by atoms with van der Waals surface area (Å²) < 4.78 is 62.2. The number of hydroxylamine groups is 1. The van der Waals surface area contributed by atoms with Gasteiger partial charge in [-0.2, -0.15) is 4.31 Å². The molecule has 15 nitrogen and oxygen atoms in total. The van der Waals surface area contributed by atoms with Crippen LogP contribution < -0.4 is 20.3 Å². The second-order valence-corrected chi connectivity index (χ2v) is 15.1. The molecule has 2 saturated heterocycles. The number of nitrogens with one attached hydrogen (secondary N) is 2. The third kappa shape index (κ3) is 9.73. The fourth-order valence-electron chi connectivity index (χ4n) is 6.25. The summed E-state index contributed by atoms with van der Waals surface area (Å²) in [4.78, 5) is 24.3. The monoisotopic (exact) mass is 707 g/mol. The van der Waals surface area contributed by atoms with Gasteiger partial charge in [0.05, 0.1) is 42.8 Å². The van der Waals surface area contributed by atoms with E-state index in [1.807, 2.05) is 44.2 Å². The zero-order chi connectivity index (χ0) is 35.0. The molecule has 49 heavy (non-hydrogen) atoms. The summed E-state index contributed by atoms with van der Waals surface area (Å²) in [5, 5.41) is 23.2. The summed E-state index contributed by atoms with van der Waals surface area (Å²) in [5.41, 5.74) is 1.64. The molecule has 5 rings (SSSR count). The van der Waals surface area contributed by atoms with Crippen molar-refractivity contribution in [2.75, 3.05) is 39.7 Å². The van der Waals surface area contributed by atoms with Crippen molar-refractivity contribution < 1.29 is 56.7 Å². The van der Waals surface area contributed by atoms with E-state index in [0.717, 1.165) is 5.56 Å². The average Bonchev–Trinajstić information content (AvgIpc) is 3.83. The largest absolute Gasteiger partial charge is 0.454 e. The Labute approximate surface area is 285 Å². The van der Waals surface area contributed by atoms with Gasteiger partial charge in [0.25, 0.3) is 0 Å². The smallest absolute Gasteiger partial charge is 0.431 e. The van der Waals surface area contributed by atoms with Crippen LogP contribution in [0.15, 0.2) is 53.4 Å². The Hall–Kier alpha value is -3.67. The van der Waals surface area contributed by atoms with E-state index in [-0.39, 0.29) is 50.3 Å². The van der Waals surface area contributed by atoms with E-state index in [9.17, 15) is 23.1 Å². The lowest BCUT2D eigenvalue weighted by atomic mass is 9.87. The Bertz CT molecular complexity index is 1530. The first-order chi connectivity index (χ1) is 23.4. The lowest BCUT2D eigenvalue weighted by Crippen LogP contribution is -2.52. The number of alkyl carbamates (subject to hydrolysis) is 1. The van der Waals surface area contributed by atoms with Crippen LogP contribution in [0.3, 0.4) is 0 Å². The molecule has 2 aromatic carbocycles.